The lowest BCUT2D eigenvalue weighted by atomic mass is 9.83. The molecule has 0 N–H and O–H groups in total. The number of furan rings is 2. The highest BCUT2D eigenvalue weighted by atomic mass is 16.3. The molecule has 3 nitrogen and oxygen atoms in total. The number of para-hydroxylation sites is 2. The van der Waals surface area contributed by atoms with Crippen molar-refractivity contribution in [3.05, 3.63) is 187 Å². The molecule has 2 fully saturated rings. The molecule has 0 unspecified atom stereocenters. The van der Waals surface area contributed by atoms with Gasteiger partial charge in [0.1, 0.15) is 22.3 Å². The Morgan fingerprint density at radius 3 is 1.29 bits per heavy atom. The van der Waals surface area contributed by atoms with Gasteiger partial charge in [0.2, 0.25) is 0 Å². The van der Waals surface area contributed by atoms with E-state index < -0.39 is 0 Å². The molecular weight excluding hydrogens is 791 g/mol. The van der Waals surface area contributed by atoms with E-state index in [0.717, 1.165) is 55.7 Å². The van der Waals surface area contributed by atoms with Crippen molar-refractivity contribution in [1.29, 1.82) is 0 Å². The van der Waals surface area contributed by atoms with Crippen LogP contribution in [-0.2, 0) is 0 Å². The van der Waals surface area contributed by atoms with Crippen molar-refractivity contribution in [3.8, 4) is 22.3 Å². The van der Waals surface area contributed by atoms with Gasteiger partial charge in [0.25, 0.3) is 0 Å². The predicted octanol–water partition coefficient (Wildman–Crippen LogP) is 18.7. The molecule has 2 heterocycles. The van der Waals surface area contributed by atoms with Crippen LogP contribution < -0.4 is 4.90 Å². The summed E-state index contributed by atoms with van der Waals surface area (Å²) in [5, 5.41) is 9.74. The number of anilines is 3. The standard InChI is InChI=1S/C62H51NO2/c1-4-17-40(18-5-1)47-29-15-31-55-51-35-33-45(38-57(51)64-61(47)55)63(46-34-36-52-56-32-16-30-48(41-19-6-2-7-20-41)62(56)65-58(52)39-46)44-24-14-23-43(37-44)60-54-28-13-11-26-50(54)49-25-10-12-27-53(49)59(60)42-21-8-3-9-22-42/h3,8-16,21-41H,1-2,4-7,17-20H2. The molecule has 0 aliphatic heterocycles. The molecule has 316 valence electrons. The average Bonchev–Trinajstić information content (AvgIpc) is 3.95. The Morgan fingerprint density at radius 1 is 0.323 bits per heavy atom. The summed E-state index contributed by atoms with van der Waals surface area (Å²) in [6.45, 7) is 0. The van der Waals surface area contributed by atoms with E-state index in [9.17, 15) is 0 Å². The molecule has 3 heteroatoms. The smallest absolute Gasteiger partial charge is 0.138 e. The zero-order chi connectivity index (χ0) is 42.8. The average molecular weight is 842 g/mol. The van der Waals surface area contributed by atoms with E-state index in [-0.39, 0.29) is 0 Å². The molecule has 0 atom stereocenters. The van der Waals surface area contributed by atoms with Crippen LogP contribution in [0.3, 0.4) is 0 Å². The first-order chi connectivity index (χ1) is 32.2. The Kier molecular flexibility index (Phi) is 9.36. The first-order valence-electron chi connectivity index (χ1n) is 24.0. The maximum absolute atomic E-state index is 6.98. The van der Waals surface area contributed by atoms with Crippen molar-refractivity contribution in [3.63, 3.8) is 0 Å². The summed E-state index contributed by atoms with van der Waals surface area (Å²) in [4.78, 5) is 2.40. The lowest BCUT2D eigenvalue weighted by molar-refractivity contribution is 0.442. The van der Waals surface area contributed by atoms with Crippen LogP contribution in [0, 0.1) is 0 Å². The number of hydrogen-bond acceptors (Lipinski definition) is 3. The second kappa shape index (κ2) is 15.9. The Hall–Kier alpha value is -7.10. The van der Waals surface area contributed by atoms with Crippen LogP contribution >= 0.6 is 0 Å². The van der Waals surface area contributed by atoms with Crippen molar-refractivity contribution >= 4 is 82.5 Å². The van der Waals surface area contributed by atoms with Gasteiger partial charge in [-0.1, -0.05) is 166 Å². The summed E-state index contributed by atoms with van der Waals surface area (Å²) in [6.07, 6.45) is 12.8. The van der Waals surface area contributed by atoms with E-state index in [1.54, 1.807) is 0 Å². The van der Waals surface area contributed by atoms with Crippen LogP contribution in [0.1, 0.15) is 87.2 Å². The molecule has 2 aromatic heterocycles. The fourth-order valence-electron chi connectivity index (χ4n) is 12.0. The quantitative estimate of drug-likeness (QED) is 0.150. The predicted molar refractivity (Wildman–Crippen MR) is 273 cm³/mol. The monoisotopic (exact) mass is 841 g/mol. The second-order valence-electron chi connectivity index (χ2n) is 18.8. The normalized spacial score (nSPS) is 15.3. The molecular formula is C62H51NO2. The van der Waals surface area contributed by atoms with Gasteiger partial charge in [-0.2, -0.15) is 0 Å². The van der Waals surface area contributed by atoms with Crippen LogP contribution in [0.2, 0.25) is 0 Å². The number of rotatable bonds is 7. The van der Waals surface area contributed by atoms with Gasteiger partial charge in [0, 0.05) is 50.7 Å². The zero-order valence-electron chi connectivity index (χ0n) is 36.7. The molecule has 0 amide bonds. The third-order valence-electron chi connectivity index (χ3n) is 15.0. The molecule has 0 radical (unpaired) electrons. The van der Waals surface area contributed by atoms with E-state index in [1.165, 1.54) is 124 Å². The van der Waals surface area contributed by atoms with E-state index in [1.807, 2.05) is 0 Å². The highest BCUT2D eigenvalue weighted by molar-refractivity contribution is 6.21. The minimum absolute atomic E-state index is 0.549. The van der Waals surface area contributed by atoms with Gasteiger partial charge in [0.05, 0.1) is 0 Å². The third-order valence-corrected chi connectivity index (χ3v) is 15.0. The van der Waals surface area contributed by atoms with Crippen LogP contribution in [0.4, 0.5) is 17.1 Å². The van der Waals surface area contributed by atoms with Gasteiger partial charge in [-0.15, -0.1) is 0 Å². The number of fused-ring (bicyclic) bond motifs is 9. The summed E-state index contributed by atoms with van der Waals surface area (Å²) in [5.74, 6) is 1.10. The van der Waals surface area contributed by atoms with Gasteiger partial charge >= 0.3 is 0 Å². The molecule has 65 heavy (non-hydrogen) atoms. The maximum atomic E-state index is 6.98. The van der Waals surface area contributed by atoms with Crippen LogP contribution in [0.25, 0.3) is 87.7 Å². The number of nitrogens with zero attached hydrogens (tertiary/aromatic N) is 1. The largest absolute Gasteiger partial charge is 0.456 e. The molecule has 0 spiro atoms. The fraction of sp³-hybridized carbons (Fsp3) is 0.194. The molecule has 2 aliphatic carbocycles. The van der Waals surface area contributed by atoms with E-state index in [0.29, 0.717) is 11.8 Å². The minimum atomic E-state index is 0.549. The van der Waals surface area contributed by atoms with E-state index in [4.69, 9.17) is 8.83 Å². The van der Waals surface area contributed by atoms with Gasteiger partial charge in [-0.05, 0) is 129 Å². The van der Waals surface area contributed by atoms with Gasteiger partial charge in [-0.25, -0.2) is 0 Å². The molecule has 0 bridgehead atoms. The maximum Gasteiger partial charge on any atom is 0.138 e. The Bertz CT molecular complexity index is 3450. The van der Waals surface area contributed by atoms with Gasteiger partial charge in [0.15, 0.2) is 0 Å². The summed E-state index contributed by atoms with van der Waals surface area (Å²) in [5.41, 5.74) is 14.7. The summed E-state index contributed by atoms with van der Waals surface area (Å²) in [7, 11) is 0. The topological polar surface area (TPSA) is 29.5 Å². The molecule has 11 aromatic rings. The molecule has 13 rings (SSSR count). The second-order valence-corrected chi connectivity index (χ2v) is 18.8. The minimum Gasteiger partial charge on any atom is -0.456 e. The Labute approximate surface area is 379 Å². The lowest BCUT2D eigenvalue weighted by Crippen LogP contribution is -2.10. The highest BCUT2D eigenvalue weighted by Gasteiger charge is 2.25. The summed E-state index contributed by atoms with van der Waals surface area (Å²) >= 11 is 0. The molecule has 9 aromatic carbocycles. The van der Waals surface area contributed by atoms with E-state index >= 15 is 0 Å². The first kappa shape index (κ1) is 38.4. The zero-order valence-corrected chi connectivity index (χ0v) is 36.7. The van der Waals surface area contributed by atoms with Gasteiger partial charge in [-0.3, -0.25) is 0 Å². The first-order valence-corrected chi connectivity index (χ1v) is 24.0. The summed E-state index contributed by atoms with van der Waals surface area (Å²) in [6, 6.07) is 65.1. The lowest BCUT2D eigenvalue weighted by Gasteiger charge is -2.26. The van der Waals surface area contributed by atoms with E-state index in [2.05, 4.69) is 181 Å². The Balaban J connectivity index is 1.03. The van der Waals surface area contributed by atoms with Crippen molar-refractivity contribution in [2.45, 2.75) is 76.0 Å². The number of benzene rings is 9. The van der Waals surface area contributed by atoms with Gasteiger partial charge < -0.3 is 13.7 Å². The van der Waals surface area contributed by atoms with Crippen molar-refractivity contribution in [1.82, 2.24) is 0 Å². The SMILES string of the molecule is c1ccc(-c2c(-c3cccc(N(c4ccc5c(c4)oc4c(C6CCCCC6)cccc45)c4ccc5c(c4)oc4c(C6CCCCC6)cccc45)c3)c3ccccc3c3ccccc23)cc1. The molecule has 0 saturated heterocycles. The van der Waals surface area contributed by atoms with Crippen molar-refractivity contribution < 1.29 is 8.83 Å². The molecule has 2 saturated carbocycles. The van der Waals surface area contributed by atoms with Crippen LogP contribution in [0.5, 0.6) is 0 Å². The Morgan fingerprint density at radius 2 is 0.754 bits per heavy atom. The van der Waals surface area contributed by atoms with Crippen LogP contribution in [0.15, 0.2) is 185 Å². The third kappa shape index (κ3) is 6.46. The van der Waals surface area contributed by atoms with Crippen LogP contribution in [-0.4, -0.2) is 0 Å². The summed E-state index contributed by atoms with van der Waals surface area (Å²) < 4.78 is 14.0. The highest BCUT2D eigenvalue weighted by Crippen LogP contribution is 2.48. The van der Waals surface area contributed by atoms with Crippen molar-refractivity contribution in [2.24, 2.45) is 0 Å². The fourth-order valence-corrected chi connectivity index (χ4v) is 12.0. The molecule has 2 aliphatic rings. The number of hydrogen-bond donors (Lipinski definition) is 0. The van der Waals surface area contributed by atoms with Crippen molar-refractivity contribution in [2.75, 3.05) is 4.90 Å².